The lowest BCUT2D eigenvalue weighted by molar-refractivity contribution is 0.241. The van der Waals surface area contributed by atoms with Gasteiger partial charge >= 0.3 is 6.03 Å². The van der Waals surface area contributed by atoms with Gasteiger partial charge in [-0.3, -0.25) is 0 Å². The second kappa shape index (κ2) is 7.58. The summed E-state index contributed by atoms with van der Waals surface area (Å²) in [5, 5.41) is 4.85. The Labute approximate surface area is 133 Å². The molecule has 0 saturated carbocycles. The number of halogens is 2. The van der Waals surface area contributed by atoms with Crippen molar-refractivity contribution in [1.82, 2.24) is 5.32 Å². The first-order valence-electron chi connectivity index (χ1n) is 7.20. The van der Waals surface area contributed by atoms with Crippen molar-refractivity contribution in [3.05, 3.63) is 59.7 Å². The summed E-state index contributed by atoms with van der Waals surface area (Å²) in [4.78, 5) is 11.8. The highest BCUT2D eigenvalue weighted by molar-refractivity contribution is 5.89. The van der Waals surface area contributed by atoms with Crippen molar-refractivity contribution in [3.63, 3.8) is 0 Å². The number of carbonyl (C=O) groups is 1. The van der Waals surface area contributed by atoms with E-state index in [1.807, 2.05) is 13.8 Å². The van der Waals surface area contributed by atoms with Crippen LogP contribution in [0, 0.1) is 11.6 Å². The molecular weight excluding hydrogens is 302 g/mol. The molecule has 23 heavy (non-hydrogen) atoms. The molecule has 0 unspecified atom stereocenters. The van der Waals surface area contributed by atoms with E-state index in [4.69, 9.17) is 4.74 Å². The quantitative estimate of drug-likeness (QED) is 0.872. The maximum atomic E-state index is 13.9. The number of benzene rings is 2. The van der Waals surface area contributed by atoms with E-state index in [9.17, 15) is 13.6 Å². The Morgan fingerprint density at radius 3 is 2.52 bits per heavy atom. The van der Waals surface area contributed by atoms with Gasteiger partial charge in [0.25, 0.3) is 0 Å². The lowest BCUT2D eigenvalue weighted by Crippen LogP contribution is -2.28. The van der Waals surface area contributed by atoms with Gasteiger partial charge in [-0.05, 0) is 32.0 Å². The lowest BCUT2D eigenvalue weighted by Gasteiger charge is -2.12. The van der Waals surface area contributed by atoms with Crippen LogP contribution in [0.5, 0.6) is 5.75 Å². The summed E-state index contributed by atoms with van der Waals surface area (Å²) in [7, 11) is 0. The second-order valence-electron chi connectivity index (χ2n) is 5.21. The molecule has 2 rings (SSSR count). The zero-order chi connectivity index (χ0) is 16.8. The van der Waals surface area contributed by atoms with Gasteiger partial charge in [-0.15, -0.1) is 0 Å². The summed E-state index contributed by atoms with van der Waals surface area (Å²) in [5.41, 5.74) is 0.371. The Bertz CT molecular complexity index is 690. The third-order valence-corrected chi connectivity index (χ3v) is 2.96. The average molecular weight is 320 g/mol. The summed E-state index contributed by atoms with van der Waals surface area (Å²) in [6.07, 6.45) is -0.0720. The Morgan fingerprint density at radius 1 is 1.13 bits per heavy atom. The van der Waals surface area contributed by atoms with Crippen LogP contribution in [0.15, 0.2) is 42.5 Å². The lowest BCUT2D eigenvalue weighted by atomic mass is 10.2. The number of hydrogen-bond acceptors (Lipinski definition) is 2. The normalized spacial score (nSPS) is 10.5. The highest BCUT2D eigenvalue weighted by Gasteiger charge is 2.09. The van der Waals surface area contributed by atoms with E-state index in [0.717, 1.165) is 0 Å². The number of anilines is 1. The largest absolute Gasteiger partial charge is 0.491 e. The van der Waals surface area contributed by atoms with Crippen LogP contribution < -0.4 is 15.4 Å². The third kappa shape index (κ3) is 4.95. The molecule has 0 bridgehead atoms. The summed E-state index contributed by atoms with van der Waals surface area (Å²) in [6, 6.07) is 9.67. The summed E-state index contributed by atoms with van der Waals surface area (Å²) < 4.78 is 32.7. The fourth-order valence-electron chi connectivity index (χ4n) is 1.93. The summed E-state index contributed by atoms with van der Waals surface area (Å²) >= 11 is 0. The Morgan fingerprint density at radius 2 is 1.87 bits per heavy atom. The molecule has 2 N–H and O–H groups in total. The molecule has 2 aromatic rings. The van der Waals surface area contributed by atoms with Gasteiger partial charge in [-0.25, -0.2) is 13.6 Å². The van der Waals surface area contributed by atoms with Gasteiger partial charge in [-0.1, -0.05) is 18.2 Å². The molecule has 4 nitrogen and oxygen atoms in total. The molecule has 2 aromatic carbocycles. The number of rotatable bonds is 5. The van der Waals surface area contributed by atoms with Crippen molar-refractivity contribution in [2.24, 2.45) is 0 Å². The zero-order valence-electron chi connectivity index (χ0n) is 12.9. The second-order valence-corrected chi connectivity index (χ2v) is 5.21. The van der Waals surface area contributed by atoms with E-state index in [0.29, 0.717) is 11.3 Å². The van der Waals surface area contributed by atoms with Crippen LogP contribution in [0.1, 0.15) is 19.4 Å². The van der Waals surface area contributed by atoms with Crippen molar-refractivity contribution < 1.29 is 18.3 Å². The van der Waals surface area contributed by atoms with Crippen LogP contribution in [-0.4, -0.2) is 12.1 Å². The predicted molar refractivity (Wildman–Crippen MR) is 84.4 cm³/mol. The minimum Gasteiger partial charge on any atom is -0.491 e. The molecule has 0 heterocycles. The van der Waals surface area contributed by atoms with Crippen molar-refractivity contribution in [2.45, 2.75) is 26.5 Å². The molecule has 0 aliphatic rings. The predicted octanol–water partition coefficient (Wildman–Crippen LogP) is 4.07. The average Bonchev–Trinajstić information content (AvgIpc) is 2.49. The van der Waals surface area contributed by atoms with Gasteiger partial charge in [0.05, 0.1) is 11.8 Å². The van der Waals surface area contributed by atoms with Gasteiger partial charge in [0.15, 0.2) is 0 Å². The molecule has 0 aromatic heterocycles. The number of carbonyl (C=O) groups excluding carboxylic acids is 1. The van der Waals surface area contributed by atoms with Crippen molar-refractivity contribution >= 4 is 11.7 Å². The van der Waals surface area contributed by atoms with Crippen molar-refractivity contribution in [1.29, 1.82) is 0 Å². The van der Waals surface area contributed by atoms with Gasteiger partial charge < -0.3 is 15.4 Å². The SMILES string of the molecule is CC(C)Oc1ccc(NC(=O)NCc2ccccc2F)c(F)c1. The molecule has 0 radical (unpaired) electrons. The molecule has 0 aliphatic heterocycles. The molecule has 6 heteroatoms. The molecule has 0 saturated heterocycles. The summed E-state index contributed by atoms with van der Waals surface area (Å²) in [6.45, 7) is 3.68. The topological polar surface area (TPSA) is 50.4 Å². The highest BCUT2D eigenvalue weighted by atomic mass is 19.1. The number of nitrogens with one attached hydrogen (secondary N) is 2. The number of ether oxygens (including phenoxy) is 1. The fraction of sp³-hybridized carbons (Fsp3) is 0.235. The van der Waals surface area contributed by atoms with E-state index >= 15 is 0 Å². The zero-order valence-corrected chi connectivity index (χ0v) is 12.9. The van der Waals surface area contributed by atoms with E-state index in [2.05, 4.69) is 10.6 Å². The van der Waals surface area contributed by atoms with Crippen LogP contribution in [0.3, 0.4) is 0 Å². The number of amides is 2. The Balaban J connectivity index is 1.94. The molecule has 0 aliphatic carbocycles. The molecule has 0 fully saturated rings. The van der Waals surface area contributed by atoms with Gasteiger partial charge in [0, 0.05) is 18.2 Å². The van der Waals surface area contributed by atoms with E-state index in [1.54, 1.807) is 24.3 Å². The number of hydrogen-bond donors (Lipinski definition) is 2. The maximum absolute atomic E-state index is 13.9. The van der Waals surface area contributed by atoms with Gasteiger partial charge in [-0.2, -0.15) is 0 Å². The van der Waals surface area contributed by atoms with Crippen LogP contribution in [0.2, 0.25) is 0 Å². The maximum Gasteiger partial charge on any atom is 0.319 e. The first kappa shape index (κ1) is 16.7. The van der Waals surface area contributed by atoms with E-state index in [-0.39, 0.29) is 18.3 Å². The first-order valence-corrected chi connectivity index (χ1v) is 7.20. The fourth-order valence-corrected chi connectivity index (χ4v) is 1.93. The van der Waals surface area contributed by atoms with Gasteiger partial charge in [0.2, 0.25) is 0 Å². The Kier molecular flexibility index (Phi) is 5.51. The standard InChI is InChI=1S/C17H18F2N2O2/c1-11(2)23-13-7-8-16(15(19)9-13)21-17(22)20-10-12-5-3-4-6-14(12)18/h3-9,11H,10H2,1-2H3,(H2,20,21,22). The first-order chi connectivity index (χ1) is 11.0. The minimum absolute atomic E-state index is 0.00860. The molecule has 122 valence electrons. The van der Waals surface area contributed by atoms with Crippen molar-refractivity contribution in [3.8, 4) is 5.75 Å². The van der Waals surface area contributed by atoms with Crippen LogP contribution in [0.4, 0.5) is 19.3 Å². The molecule has 0 atom stereocenters. The smallest absolute Gasteiger partial charge is 0.319 e. The van der Waals surface area contributed by atoms with Crippen LogP contribution in [0.25, 0.3) is 0 Å². The monoisotopic (exact) mass is 320 g/mol. The molecular formula is C17H18F2N2O2. The van der Waals surface area contributed by atoms with Gasteiger partial charge in [0.1, 0.15) is 17.4 Å². The van der Waals surface area contributed by atoms with Crippen LogP contribution >= 0.6 is 0 Å². The van der Waals surface area contributed by atoms with E-state index in [1.165, 1.54) is 18.2 Å². The number of urea groups is 1. The third-order valence-electron chi connectivity index (χ3n) is 2.96. The molecule has 0 spiro atoms. The molecule has 2 amide bonds. The summed E-state index contributed by atoms with van der Waals surface area (Å²) in [5.74, 6) is -0.631. The van der Waals surface area contributed by atoms with Crippen LogP contribution in [-0.2, 0) is 6.54 Å². The minimum atomic E-state index is -0.621. The Hall–Kier alpha value is -2.63. The highest BCUT2D eigenvalue weighted by Crippen LogP contribution is 2.21. The van der Waals surface area contributed by atoms with Crippen molar-refractivity contribution in [2.75, 3.05) is 5.32 Å². The van der Waals surface area contributed by atoms with E-state index < -0.39 is 17.7 Å².